The van der Waals surface area contributed by atoms with Gasteiger partial charge in [-0.25, -0.2) is 13.4 Å². The lowest BCUT2D eigenvalue weighted by atomic mass is 9.99. The Morgan fingerprint density at radius 1 is 1.05 bits per heavy atom. The zero-order valence-corrected chi connectivity index (χ0v) is 23.8. The number of fused-ring (bicyclic) bond motifs is 1. The Morgan fingerprint density at radius 3 is 2.62 bits per heavy atom. The summed E-state index contributed by atoms with van der Waals surface area (Å²) in [5, 5.41) is 7.88. The molecule has 5 aromatic rings. The maximum absolute atomic E-state index is 13.5. The number of sulfonamides is 1. The number of H-pyrrole nitrogens is 1. The van der Waals surface area contributed by atoms with Crippen LogP contribution in [0, 0.1) is 10.5 Å². The number of aryl methyl sites for hydroxylation is 1. The van der Waals surface area contributed by atoms with Crippen LogP contribution < -0.4 is 9.62 Å². The van der Waals surface area contributed by atoms with E-state index in [1.54, 1.807) is 35.7 Å². The van der Waals surface area contributed by atoms with Gasteiger partial charge in [-0.1, -0.05) is 18.2 Å². The Hall–Kier alpha value is -2.96. The van der Waals surface area contributed by atoms with Crippen molar-refractivity contribution in [2.24, 2.45) is 0 Å². The Morgan fingerprint density at radius 2 is 1.86 bits per heavy atom. The van der Waals surface area contributed by atoms with Gasteiger partial charge in [0, 0.05) is 55.6 Å². The zero-order valence-electron chi connectivity index (χ0n) is 20.0. The predicted octanol–water partition coefficient (Wildman–Crippen LogP) is 6.67. The minimum Gasteiger partial charge on any atom is -0.372 e. The Bertz CT molecular complexity index is 1710. The number of aromatic nitrogens is 3. The number of anilines is 2. The molecule has 0 unspecified atom stereocenters. The minimum absolute atomic E-state index is 0.227. The first-order valence-electron chi connectivity index (χ1n) is 12.0. The van der Waals surface area contributed by atoms with E-state index in [1.807, 2.05) is 25.3 Å². The fraction of sp³-hybridized carbons (Fsp3) is 0.185. The first-order valence-corrected chi connectivity index (χ1v) is 15.3. The second-order valence-corrected chi connectivity index (χ2v) is 13.0. The molecule has 10 heteroatoms. The second kappa shape index (κ2) is 9.73. The van der Waals surface area contributed by atoms with Crippen LogP contribution in [0.25, 0.3) is 31.8 Å². The van der Waals surface area contributed by atoms with E-state index in [9.17, 15) is 8.42 Å². The van der Waals surface area contributed by atoms with E-state index in [-0.39, 0.29) is 4.90 Å². The quantitative estimate of drug-likeness (QED) is 0.202. The molecule has 0 radical (unpaired) electrons. The van der Waals surface area contributed by atoms with Crippen molar-refractivity contribution in [3.63, 3.8) is 0 Å². The van der Waals surface area contributed by atoms with Crippen LogP contribution in [0.5, 0.6) is 0 Å². The predicted molar refractivity (Wildman–Crippen MR) is 159 cm³/mol. The summed E-state index contributed by atoms with van der Waals surface area (Å²) in [7, 11) is -3.81. The number of nitrogens with one attached hydrogen (secondary N) is 2. The van der Waals surface area contributed by atoms with Gasteiger partial charge in [-0.05, 0) is 84.3 Å². The van der Waals surface area contributed by atoms with Crippen LogP contribution in [0.1, 0.15) is 18.5 Å². The average Bonchev–Trinajstić information content (AvgIpc) is 3.65. The Balaban J connectivity index is 1.57. The lowest BCUT2D eigenvalue weighted by molar-refractivity contribution is 0.601. The third-order valence-electron chi connectivity index (χ3n) is 6.51. The molecule has 2 aromatic carbocycles. The zero-order chi connectivity index (χ0) is 25.6. The van der Waals surface area contributed by atoms with Crippen molar-refractivity contribution in [3.05, 3.63) is 76.3 Å². The third-order valence-corrected chi connectivity index (χ3v) is 9.67. The first-order chi connectivity index (χ1) is 17.9. The summed E-state index contributed by atoms with van der Waals surface area (Å²) in [6.45, 7) is 3.97. The van der Waals surface area contributed by atoms with Gasteiger partial charge < -0.3 is 4.90 Å². The molecule has 6 rings (SSSR count). The molecule has 3 aromatic heterocycles. The van der Waals surface area contributed by atoms with Crippen molar-refractivity contribution < 1.29 is 8.42 Å². The minimum atomic E-state index is -3.81. The summed E-state index contributed by atoms with van der Waals surface area (Å²) in [6, 6.07) is 17.2. The van der Waals surface area contributed by atoms with Crippen molar-refractivity contribution in [2.75, 3.05) is 22.7 Å². The molecule has 0 spiro atoms. The van der Waals surface area contributed by atoms with Gasteiger partial charge in [0.25, 0.3) is 10.0 Å². The van der Waals surface area contributed by atoms with E-state index >= 15 is 0 Å². The fourth-order valence-corrected chi connectivity index (χ4v) is 7.94. The van der Waals surface area contributed by atoms with Gasteiger partial charge >= 0.3 is 0 Å². The van der Waals surface area contributed by atoms with Crippen molar-refractivity contribution in [3.8, 4) is 21.6 Å². The highest BCUT2D eigenvalue weighted by Crippen LogP contribution is 2.47. The highest BCUT2D eigenvalue weighted by atomic mass is 127. The fourth-order valence-electron chi connectivity index (χ4n) is 4.83. The Labute approximate surface area is 233 Å². The number of benzene rings is 2. The number of pyridine rings is 1. The van der Waals surface area contributed by atoms with Crippen LogP contribution in [-0.4, -0.2) is 36.7 Å². The van der Waals surface area contributed by atoms with Crippen LogP contribution in [0.4, 0.5) is 11.4 Å². The number of halogens is 1. The number of rotatable bonds is 6. The molecule has 0 saturated carbocycles. The maximum atomic E-state index is 13.5. The lowest BCUT2D eigenvalue weighted by Crippen LogP contribution is -2.17. The standard InChI is InChI=1S/C27H24IN5O2S2/c1-17-12-23(32-37(34,35)22-9-5-7-20(28)14-22)25-24(26(36-27(25)31-17)19-15-29-30-16-19)18-6-4-8-21(13-18)33-10-2-3-11-33/h4-9,12-16H,2-3,10-11H2,1H3,(H,29,30)(H,31,32). The molecule has 4 heterocycles. The molecule has 7 nitrogen and oxygen atoms in total. The monoisotopic (exact) mass is 641 g/mol. The molecule has 0 amide bonds. The molecule has 188 valence electrons. The van der Waals surface area contributed by atoms with E-state index < -0.39 is 10.0 Å². The van der Waals surface area contributed by atoms with Crippen LogP contribution in [0.3, 0.4) is 0 Å². The molecular weight excluding hydrogens is 617 g/mol. The van der Waals surface area contributed by atoms with Crippen molar-refractivity contribution in [1.29, 1.82) is 0 Å². The number of nitrogens with zero attached hydrogens (tertiary/aromatic N) is 3. The molecule has 2 N–H and O–H groups in total. The van der Waals surface area contributed by atoms with Crippen molar-refractivity contribution in [1.82, 2.24) is 15.2 Å². The molecule has 0 bridgehead atoms. The molecule has 1 saturated heterocycles. The summed E-state index contributed by atoms with van der Waals surface area (Å²) >= 11 is 3.67. The van der Waals surface area contributed by atoms with Crippen LogP contribution in [-0.2, 0) is 10.0 Å². The summed E-state index contributed by atoms with van der Waals surface area (Å²) in [5.41, 5.74) is 5.35. The van der Waals surface area contributed by atoms with E-state index in [1.165, 1.54) is 18.5 Å². The van der Waals surface area contributed by atoms with Gasteiger partial charge in [0.15, 0.2) is 0 Å². The Kier molecular flexibility index (Phi) is 6.41. The molecule has 1 aliphatic rings. The summed E-state index contributed by atoms with van der Waals surface area (Å²) in [6.07, 6.45) is 6.04. The normalized spacial score (nSPS) is 13.9. The van der Waals surface area contributed by atoms with E-state index in [0.717, 1.165) is 54.1 Å². The maximum Gasteiger partial charge on any atom is 0.261 e. The van der Waals surface area contributed by atoms with E-state index in [0.29, 0.717) is 5.69 Å². The molecule has 1 aliphatic heterocycles. The van der Waals surface area contributed by atoms with Crippen molar-refractivity contribution >= 4 is 65.5 Å². The summed E-state index contributed by atoms with van der Waals surface area (Å²) in [5.74, 6) is 0. The van der Waals surface area contributed by atoms with Gasteiger partial charge in [0.2, 0.25) is 0 Å². The number of thiophene rings is 1. The van der Waals surface area contributed by atoms with Gasteiger partial charge in [0.1, 0.15) is 4.83 Å². The summed E-state index contributed by atoms with van der Waals surface area (Å²) in [4.78, 5) is 9.21. The third kappa shape index (κ3) is 4.73. The largest absolute Gasteiger partial charge is 0.372 e. The van der Waals surface area contributed by atoms with Crippen LogP contribution in [0.2, 0.25) is 0 Å². The molecular formula is C27H24IN5O2S2. The van der Waals surface area contributed by atoms with Gasteiger partial charge in [0.05, 0.1) is 16.8 Å². The smallest absolute Gasteiger partial charge is 0.261 e. The van der Waals surface area contributed by atoms with Gasteiger partial charge in [-0.3, -0.25) is 9.82 Å². The molecule has 1 fully saturated rings. The highest BCUT2D eigenvalue weighted by molar-refractivity contribution is 14.1. The van der Waals surface area contributed by atoms with Gasteiger partial charge in [-0.2, -0.15) is 5.10 Å². The first kappa shape index (κ1) is 24.4. The highest BCUT2D eigenvalue weighted by Gasteiger charge is 2.24. The number of hydrogen-bond acceptors (Lipinski definition) is 6. The lowest BCUT2D eigenvalue weighted by Gasteiger charge is -2.19. The van der Waals surface area contributed by atoms with Crippen LogP contribution >= 0.6 is 33.9 Å². The SMILES string of the molecule is Cc1cc(NS(=O)(=O)c2cccc(I)c2)c2c(-c3cccc(N4CCCC4)c3)c(-c3cn[nH]c3)sc2n1. The number of hydrogen-bond donors (Lipinski definition) is 2. The second-order valence-electron chi connectivity index (χ2n) is 9.09. The number of aromatic amines is 1. The molecule has 0 atom stereocenters. The van der Waals surface area contributed by atoms with Crippen molar-refractivity contribution in [2.45, 2.75) is 24.7 Å². The molecule has 37 heavy (non-hydrogen) atoms. The topological polar surface area (TPSA) is 91.0 Å². The van der Waals surface area contributed by atoms with Gasteiger partial charge in [-0.15, -0.1) is 11.3 Å². The van der Waals surface area contributed by atoms with Crippen LogP contribution in [0.15, 0.2) is 71.9 Å². The average molecular weight is 642 g/mol. The van der Waals surface area contributed by atoms with E-state index in [2.05, 4.69) is 66.7 Å². The summed E-state index contributed by atoms with van der Waals surface area (Å²) < 4.78 is 30.7. The molecule has 0 aliphatic carbocycles. The van der Waals surface area contributed by atoms with E-state index in [4.69, 9.17) is 4.98 Å².